The number of pyridine rings is 1. The van der Waals surface area contributed by atoms with E-state index in [9.17, 15) is 0 Å². The van der Waals surface area contributed by atoms with Crippen LogP contribution in [0.1, 0.15) is 41.3 Å². The summed E-state index contributed by atoms with van der Waals surface area (Å²) in [5.74, 6) is 0.646. The van der Waals surface area contributed by atoms with E-state index < -0.39 is 0 Å². The van der Waals surface area contributed by atoms with Crippen LogP contribution in [0, 0.1) is 6.92 Å². The van der Waals surface area contributed by atoms with Crippen LogP contribution in [-0.4, -0.2) is 24.3 Å². The summed E-state index contributed by atoms with van der Waals surface area (Å²) in [4.78, 5) is 9.10. The molecule has 3 heteroatoms. The number of aromatic nitrogens is 1. The van der Waals surface area contributed by atoms with Gasteiger partial charge >= 0.3 is 0 Å². The molecule has 0 spiro atoms. The average Bonchev–Trinajstić information content (AvgIpc) is 2.76. The lowest BCUT2D eigenvalue weighted by atomic mass is 9.91. The van der Waals surface area contributed by atoms with Crippen molar-refractivity contribution in [2.24, 2.45) is 4.99 Å². The molecule has 3 heterocycles. The van der Waals surface area contributed by atoms with Crippen LogP contribution in [0.4, 0.5) is 0 Å². The van der Waals surface area contributed by atoms with Crippen LogP contribution in [0.15, 0.2) is 11.1 Å². The Morgan fingerprint density at radius 2 is 2.12 bits per heavy atom. The third-order valence-electron chi connectivity index (χ3n) is 3.56. The second-order valence-electron chi connectivity index (χ2n) is 4.72. The summed E-state index contributed by atoms with van der Waals surface area (Å²) in [6.45, 7) is 5.20. The molecule has 0 radical (unpaired) electrons. The van der Waals surface area contributed by atoms with E-state index in [1.165, 1.54) is 35.4 Å². The van der Waals surface area contributed by atoms with Crippen LogP contribution >= 0.6 is 0 Å². The van der Waals surface area contributed by atoms with Crippen molar-refractivity contribution in [2.45, 2.75) is 32.2 Å². The van der Waals surface area contributed by atoms with Gasteiger partial charge in [-0.25, -0.2) is 0 Å². The van der Waals surface area contributed by atoms with Gasteiger partial charge in [0.25, 0.3) is 0 Å². The van der Waals surface area contributed by atoms with Crippen LogP contribution in [-0.2, 0) is 6.54 Å². The van der Waals surface area contributed by atoms with Crippen LogP contribution < -0.4 is 5.32 Å². The van der Waals surface area contributed by atoms with E-state index in [2.05, 4.69) is 23.3 Å². The third-order valence-corrected chi connectivity index (χ3v) is 3.56. The fourth-order valence-corrected chi connectivity index (χ4v) is 2.67. The van der Waals surface area contributed by atoms with Gasteiger partial charge in [-0.15, -0.1) is 0 Å². The quantitative estimate of drug-likeness (QED) is 0.775. The SMILES string of the molecule is Cc1cc2c(nc1C1CCNCC1)CN=C2. The summed E-state index contributed by atoms with van der Waals surface area (Å²) in [5, 5.41) is 3.40. The molecule has 3 rings (SSSR count). The number of fused-ring (bicyclic) bond motifs is 1. The standard InChI is InChI=1S/C13H17N3/c1-9-6-11-7-15-8-12(11)16-13(9)10-2-4-14-5-3-10/h6-7,10,14H,2-5,8H2,1H3. The van der Waals surface area contributed by atoms with E-state index in [-0.39, 0.29) is 0 Å². The number of nitrogens with one attached hydrogen (secondary N) is 1. The first-order chi connectivity index (χ1) is 7.84. The Labute approximate surface area is 96.0 Å². The Bertz CT molecular complexity index is 431. The highest BCUT2D eigenvalue weighted by Gasteiger charge is 2.20. The van der Waals surface area contributed by atoms with Crippen molar-refractivity contribution in [3.05, 3.63) is 28.6 Å². The summed E-state index contributed by atoms with van der Waals surface area (Å²) in [6, 6.07) is 2.25. The summed E-state index contributed by atoms with van der Waals surface area (Å²) < 4.78 is 0. The van der Waals surface area contributed by atoms with Gasteiger partial charge in [0.2, 0.25) is 0 Å². The smallest absolute Gasteiger partial charge is 0.0818 e. The third kappa shape index (κ3) is 1.65. The zero-order chi connectivity index (χ0) is 11.0. The summed E-state index contributed by atoms with van der Waals surface area (Å²) in [5.41, 5.74) is 5.03. The first-order valence-corrected chi connectivity index (χ1v) is 6.05. The molecule has 0 aromatic carbocycles. The second kappa shape index (κ2) is 3.98. The molecule has 1 saturated heterocycles. The lowest BCUT2D eigenvalue weighted by molar-refractivity contribution is 0.451. The van der Waals surface area contributed by atoms with E-state index >= 15 is 0 Å². The van der Waals surface area contributed by atoms with Gasteiger partial charge in [-0.3, -0.25) is 9.98 Å². The van der Waals surface area contributed by atoms with Crippen LogP contribution in [0.5, 0.6) is 0 Å². The highest BCUT2D eigenvalue weighted by molar-refractivity contribution is 5.83. The monoisotopic (exact) mass is 215 g/mol. The minimum absolute atomic E-state index is 0.646. The molecule has 0 amide bonds. The molecular formula is C13H17N3. The van der Waals surface area contributed by atoms with Crippen molar-refractivity contribution in [3.8, 4) is 0 Å². The molecule has 1 aromatic heterocycles. The van der Waals surface area contributed by atoms with Crippen molar-refractivity contribution >= 4 is 6.21 Å². The molecule has 84 valence electrons. The Morgan fingerprint density at radius 3 is 2.94 bits per heavy atom. The molecule has 2 aliphatic rings. The fraction of sp³-hybridized carbons (Fsp3) is 0.538. The number of aryl methyl sites for hydroxylation is 1. The molecular weight excluding hydrogens is 198 g/mol. The molecule has 0 atom stereocenters. The molecule has 2 aliphatic heterocycles. The maximum Gasteiger partial charge on any atom is 0.0818 e. The summed E-state index contributed by atoms with van der Waals surface area (Å²) in [6.07, 6.45) is 4.38. The average molecular weight is 215 g/mol. The normalized spacial score (nSPS) is 20.1. The van der Waals surface area contributed by atoms with Crippen LogP contribution in [0.25, 0.3) is 0 Å². The number of hydrogen-bond donors (Lipinski definition) is 1. The number of piperidine rings is 1. The van der Waals surface area contributed by atoms with Crippen LogP contribution in [0.3, 0.4) is 0 Å². The maximum atomic E-state index is 4.82. The number of hydrogen-bond acceptors (Lipinski definition) is 3. The van der Waals surface area contributed by atoms with Crippen molar-refractivity contribution < 1.29 is 0 Å². The van der Waals surface area contributed by atoms with E-state index in [4.69, 9.17) is 4.98 Å². The first-order valence-electron chi connectivity index (χ1n) is 6.05. The predicted octanol–water partition coefficient (Wildman–Crippen LogP) is 1.79. The van der Waals surface area contributed by atoms with Crippen molar-refractivity contribution in [3.63, 3.8) is 0 Å². The fourth-order valence-electron chi connectivity index (χ4n) is 2.67. The molecule has 0 saturated carbocycles. The predicted molar refractivity (Wildman–Crippen MR) is 65.1 cm³/mol. The van der Waals surface area contributed by atoms with Gasteiger partial charge in [0.1, 0.15) is 0 Å². The van der Waals surface area contributed by atoms with Gasteiger partial charge in [0, 0.05) is 23.4 Å². The number of aliphatic imine (C=N–C) groups is 1. The maximum absolute atomic E-state index is 4.82. The molecule has 0 unspecified atom stereocenters. The Hall–Kier alpha value is -1.22. The van der Waals surface area contributed by atoms with Gasteiger partial charge in [0.05, 0.1) is 12.2 Å². The van der Waals surface area contributed by atoms with E-state index in [1.54, 1.807) is 0 Å². The van der Waals surface area contributed by atoms with E-state index in [0.29, 0.717) is 5.92 Å². The van der Waals surface area contributed by atoms with Gasteiger partial charge in [-0.05, 0) is 44.5 Å². The minimum Gasteiger partial charge on any atom is -0.317 e. The second-order valence-corrected chi connectivity index (χ2v) is 4.72. The minimum atomic E-state index is 0.646. The lowest BCUT2D eigenvalue weighted by Gasteiger charge is -2.24. The summed E-state index contributed by atoms with van der Waals surface area (Å²) >= 11 is 0. The highest BCUT2D eigenvalue weighted by atomic mass is 14.9. The lowest BCUT2D eigenvalue weighted by Crippen LogP contribution is -2.27. The summed E-state index contributed by atoms with van der Waals surface area (Å²) in [7, 11) is 0. The van der Waals surface area contributed by atoms with E-state index in [0.717, 1.165) is 19.6 Å². The topological polar surface area (TPSA) is 37.3 Å². The number of rotatable bonds is 1. The Kier molecular flexibility index (Phi) is 2.48. The van der Waals surface area contributed by atoms with Crippen molar-refractivity contribution in [2.75, 3.05) is 13.1 Å². The van der Waals surface area contributed by atoms with Crippen molar-refractivity contribution in [1.82, 2.24) is 10.3 Å². The van der Waals surface area contributed by atoms with Gasteiger partial charge in [0.15, 0.2) is 0 Å². The zero-order valence-electron chi connectivity index (χ0n) is 9.66. The molecule has 0 aliphatic carbocycles. The zero-order valence-corrected chi connectivity index (χ0v) is 9.66. The Morgan fingerprint density at radius 1 is 1.31 bits per heavy atom. The largest absolute Gasteiger partial charge is 0.317 e. The Balaban J connectivity index is 1.95. The first kappa shape index (κ1) is 9.97. The van der Waals surface area contributed by atoms with Gasteiger partial charge in [-0.1, -0.05) is 0 Å². The molecule has 1 N–H and O–H groups in total. The van der Waals surface area contributed by atoms with Crippen LogP contribution in [0.2, 0.25) is 0 Å². The van der Waals surface area contributed by atoms with Gasteiger partial charge < -0.3 is 5.32 Å². The molecule has 16 heavy (non-hydrogen) atoms. The van der Waals surface area contributed by atoms with E-state index in [1.807, 2.05) is 6.21 Å². The molecule has 1 fully saturated rings. The molecule has 3 nitrogen and oxygen atoms in total. The molecule has 0 bridgehead atoms. The molecule has 1 aromatic rings. The van der Waals surface area contributed by atoms with Gasteiger partial charge in [-0.2, -0.15) is 0 Å². The van der Waals surface area contributed by atoms with Crippen molar-refractivity contribution in [1.29, 1.82) is 0 Å². The number of nitrogens with zero attached hydrogens (tertiary/aromatic N) is 2. The highest BCUT2D eigenvalue weighted by Crippen LogP contribution is 2.28.